The van der Waals surface area contributed by atoms with Crippen molar-refractivity contribution >= 4 is 5.69 Å². The molecule has 0 aliphatic carbocycles. The van der Waals surface area contributed by atoms with E-state index in [1.54, 1.807) is 0 Å². The fourth-order valence-electron chi connectivity index (χ4n) is 2.48. The SMILES string of the molecule is Cc1cccc(NC(C)c2ccc(CC(C)C)cc2)c1. The number of benzene rings is 2. The number of rotatable bonds is 5. The Morgan fingerprint density at radius 1 is 0.950 bits per heavy atom. The Bertz CT molecular complexity index is 540. The first kappa shape index (κ1) is 14.6. The largest absolute Gasteiger partial charge is 0.379 e. The van der Waals surface area contributed by atoms with Gasteiger partial charge in [-0.1, -0.05) is 50.2 Å². The van der Waals surface area contributed by atoms with Gasteiger partial charge in [0.05, 0.1) is 0 Å². The first-order chi connectivity index (χ1) is 9.54. The normalized spacial score (nSPS) is 12.4. The number of nitrogens with one attached hydrogen (secondary N) is 1. The minimum Gasteiger partial charge on any atom is -0.379 e. The summed E-state index contributed by atoms with van der Waals surface area (Å²) in [5.74, 6) is 0.712. The van der Waals surface area contributed by atoms with E-state index in [-0.39, 0.29) is 0 Å². The summed E-state index contributed by atoms with van der Waals surface area (Å²) in [5.41, 5.74) is 5.23. The maximum Gasteiger partial charge on any atom is 0.0485 e. The lowest BCUT2D eigenvalue weighted by Gasteiger charge is -2.17. The van der Waals surface area contributed by atoms with Crippen molar-refractivity contribution in [2.45, 2.75) is 40.2 Å². The lowest BCUT2D eigenvalue weighted by molar-refractivity contribution is 0.647. The smallest absolute Gasteiger partial charge is 0.0485 e. The molecule has 0 aliphatic heterocycles. The standard InChI is InChI=1S/C19H25N/c1-14(2)12-17-8-10-18(11-9-17)16(4)20-19-7-5-6-15(3)13-19/h5-11,13-14,16,20H,12H2,1-4H3. The molecule has 1 unspecified atom stereocenters. The summed E-state index contributed by atoms with van der Waals surface area (Å²) in [6.07, 6.45) is 1.15. The predicted molar refractivity (Wildman–Crippen MR) is 88.2 cm³/mol. The second-order valence-electron chi connectivity index (χ2n) is 6.08. The van der Waals surface area contributed by atoms with E-state index in [0.717, 1.165) is 6.42 Å². The summed E-state index contributed by atoms with van der Waals surface area (Å²) in [4.78, 5) is 0. The van der Waals surface area contributed by atoms with Crippen molar-refractivity contribution in [2.75, 3.05) is 5.32 Å². The molecule has 0 amide bonds. The Labute approximate surface area is 123 Å². The second kappa shape index (κ2) is 6.60. The average Bonchev–Trinajstić information content (AvgIpc) is 2.38. The minimum absolute atomic E-state index is 0.324. The molecule has 1 atom stereocenters. The summed E-state index contributed by atoms with van der Waals surface area (Å²) in [7, 11) is 0. The fraction of sp³-hybridized carbons (Fsp3) is 0.368. The van der Waals surface area contributed by atoms with Crippen LogP contribution in [0.3, 0.4) is 0 Å². The Balaban J connectivity index is 2.03. The summed E-state index contributed by atoms with van der Waals surface area (Å²) in [6, 6.07) is 17.8. The maximum atomic E-state index is 3.56. The van der Waals surface area contributed by atoms with Crippen molar-refractivity contribution in [2.24, 2.45) is 5.92 Å². The van der Waals surface area contributed by atoms with Crippen LogP contribution in [-0.4, -0.2) is 0 Å². The quantitative estimate of drug-likeness (QED) is 0.768. The molecule has 0 fully saturated rings. The van der Waals surface area contributed by atoms with Crippen LogP contribution in [0.5, 0.6) is 0 Å². The summed E-state index contributed by atoms with van der Waals surface area (Å²) < 4.78 is 0. The van der Waals surface area contributed by atoms with E-state index in [0.29, 0.717) is 12.0 Å². The third-order valence-corrected chi connectivity index (χ3v) is 3.52. The molecule has 0 heterocycles. The van der Waals surface area contributed by atoms with Gasteiger partial charge in [-0.2, -0.15) is 0 Å². The molecule has 0 bridgehead atoms. The highest BCUT2D eigenvalue weighted by atomic mass is 14.9. The monoisotopic (exact) mass is 267 g/mol. The molecule has 106 valence electrons. The van der Waals surface area contributed by atoms with Gasteiger partial charge in [-0.3, -0.25) is 0 Å². The zero-order valence-electron chi connectivity index (χ0n) is 13.0. The summed E-state index contributed by atoms with van der Waals surface area (Å²) in [6.45, 7) is 8.85. The molecule has 1 N–H and O–H groups in total. The van der Waals surface area contributed by atoms with E-state index in [1.807, 2.05) is 0 Å². The minimum atomic E-state index is 0.324. The van der Waals surface area contributed by atoms with Crippen LogP contribution in [0.4, 0.5) is 5.69 Å². The van der Waals surface area contributed by atoms with Gasteiger partial charge in [-0.15, -0.1) is 0 Å². The van der Waals surface area contributed by atoms with E-state index >= 15 is 0 Å². The molecule has 0 radical (unpaired) electrons. The number of aryl methyl sites for hydroxylation is 1. The van der Waals surface area contributed by atoms with Crippen molar-refractivity contribution in [3.63, 3.8) is 0 Å². The zero-order chi connectivity index (χ0) is 14.5. The summed E-state index contributed by atoms with van der Waals surface area (Å²) >= 11 is 0. The Morgan fingerprint density at radius 2 is 1.65 bits per heavy atom. The van der Waals surface area contributed by atoms with Gasteiger partial charge in [0.2, 0.25) is 0 Å². The molecule has 0 spiro atoms. The molecule has 2 rings (SSSR count). The molecule has 2 aromatic rings. The van der Waals surface area contributed by atoms with Crippen LogP contribution in [0.25, 0.3) is 0 Å². The molecule has 0 saturated heterocycles. The van der Waals surface area contributed by atoms with Crippen LogP contribution in [-0.2, 0) is 6.42 Å². The van der Waals surface area contributed by atoms with Crippen LogP contribution in [0.1, 0.15) is 43.5 Å². The topological polar surface area (TPSA) is 12.0 Å². The van der Waals surface area contributed by atoms with Gasteiger partial charge in [-0.05, 0) is 55.0 Å². The van der Waals surface area contributed by atoms with Gasteiger partial charge in [0, 0.05) is 11.7 Å². The molecular weight excluding hydrogens is 242 g/mol. The van der Waals surface area contributed by atoms with Crippen molar-refractivity contribution in [1.82, 2.24) is 0 Å². The molecule has 1 heteroatoms. The highest BCUT2D eigenvalue weighted by Gasteiger charge is 2.06. The lowest BCUT2D eigenvalue weighted by Crippen LogP contribution is -2.06. The highest BCUT2D eigenvalue weighted by molar-refractivity contribution is 5.47. The van der Waals surface area contributed by atoms with Crippen LogP contribution in [0.2, 0.25) is 0 Å². The van der Waals surface area contributed by atoms with Gasteiger partial charge in [-0.25, -0.2) is 0 Å². The number of anilines is 1. The third kappa shape index (κ3) is 4.12. The van der Waals surface area contributed by atoms with Crippen molar-refractivity contribution in [1.29, 1.82) is 0 Å². The van der Waals surface area contributed by atoms with Gasteiger partial charge < -0.3 is 5.32 Å². The highest BCUT2D eigenvalue weighted by Crippen LogP contribution is 2.21. The van der Waals surface area contributed by atoms with Crippen LogP contribution < -0.4 is 5.32 Å². The third-order valence-electron chi connectivity index (χ3n) is 3.52. The van der Waals surface area contributed by atoms with Crippen molar-refractivity contribution < 1.29 is 0 Å². The number of hydrogen-bond acceptors (Lipinski definition) is 1. The van der Waals surface area contributed by atoms with E-state index in [1.165, 1.54) is 22.4 Å². The van der Waals surface area contributed by atoms with Gasteiger partial charge in [0.15, 0.2) is 0 Å². The molecule has 20 heavy (non-hydrogen) atoms. The first-order valence-corrected chi connectivity index (χ1v) is 7.46. The van der Waals surface area contributed by atoms with Gasteiger partial charge in [0.1, 0.15) is 0 Å². The maximum absolute atomic E-state index is 3.56. The van der Waals surface area contributed by atoms with Crippen LogP contribution >= 0.6 is 0 Å². The van der Waals surface area contributed by atoms with E-state index < -0.39 is 0 Å². The summed E-state index contributed by atoms with van der Waals surface area (Å²) in [5, 5.41) is 3.56. The molecule has 0 aromatic heterocycles. The van der Waals surface area contributed by atoms with Crippen molar-refractivity contribution in [3.8, 4) is 0 Å². The molecular formula is C19H25N. The van der Waals surface area contributed by atoms with Gasteiger partial charge in [0.25, 0.3) is 0 Å². The van der Waals surface area contributed by atoms with Crippen LogP contribution in [0, 0.1) is 12.8 Å². The predicted octanol–water partition coefficient (Wildman–Crippen LogP) is 5.37. The molecule has 0 saturated carbocycles. The Kier molecular flexibility index (Phi) is 4.84. The Morgan fingerprint density at radius 3 is 2.25 bits per heavy atom. The average molecular weight is 267 g/mol. The zero-order valence-corrected chi connectivity index (χ0v) is 13.0. The van der Waals surface area contributed by atoms with Crippen LogP contribution in [0.15, 0.2) is 48.5 Å². The fourth-order valence-corrected chi connectivity index (χ4v) is 2.48. The number of hydrogen-bond donors (Lipinski definition) is 1. The molecule has 2 aromatic carbocycles. The van der Waals surface area contributed by atoms with E-state index in [2.05, 4.69) is 81.5 Å². The van der Waals surface area contributed by atoms with E-state index in [9.17, 15) is 0 Å². The van der Waals surface area contributed by atoms with Crippen molar-refractivity contribution in [3.05, 3.63) is 65.2 Å². The Hall–Kier alpha value is -1.76. The first-order valence-electron chi connectivity index (χ1n) is 7.46. The van der Waals surface area contributed by atoms with E-state index in [4.69, 9.17) is 0 Å². The lowest BCUT2D eigenvalue weighted by atomic mass is 10.00. The second-order valence-corrected chi connectivity index (χ2v) is 6.08. The van der Waals surface area contributed by atoms with Gasteiger partial charge >= 0.3 is 0 Å². The molecule has 1 nitrogen and oxygen atoms in total. The molecule has 0 aliphatic rings.